The quantitative estimate of drug-likeness (QED) is 0.838. The summed E-state index contributed by atoms with van der Waals surface area (Å²) in [6.45, 7) is 5.75. The van der Waals surface area contributed by atoms with Crippen molar-refractivity contribution in [2.24, 2.45) is 0 Å². The number of nitrogens with one attached hydrogen (secondary N) is 1. The summed E-state index contributed by atoms with van der Waals surface area (Å²) in [5, 5.41) is 3.08. The summed E-state index contributed by atoms with van der Waals surface area (Å²) < 4.78 is 0. The van der Waals surface area contributed by atoms with Gasteiger partial charge in [-0.15, -0.1) is 0 Å². The normalized spacial score (nSPS) is 10.8. The summed E-state index contributed by atoms with van der Waals surface area (Å²) in [5.41, 5.74) is 4.56. The van der Waals surface area contributed by atoms with Crippen LogP contribution in [0.4, 0.5) is 5.69 Å². The van der Waals surface area contributed by atoms with E-state index in [1.807, 2.05) is 44.3 Å². The molecular formula is C20H26N2O. The molecule has 3 nitrogen and oxygen atoms in total. The highest BCUT2D eigenvalue weighted by Crippen LogP contribution is 2.21. The zero-order valence-corrected chi connectivity index (χ0v) is 14.3. The maximum absolute atomic E-state index is 12.3. The van der Waals surface area contributed by atoms with Gasteiger partial charge in [-0.05, 0) is 37.1 Å². The number of anilines is 1. The predicted molar refractivity (Wildman–Crippen MR) is 96.6 cm³/mol. The maximum Gasteiger partial charge on any atom is 0.225 e. The molecule has 0 aliphatic carbocycles. The van der Waals surface area contributed by atoms with Gasteiger partial charge in [0.15, 0.2) is 0 Å². The minimum atomic E-state index is 0.0777. The Kier molecular flexibility index (Phi) is 6.36. The zero-order chi connectivity index (χ0) is 16.7. The highest BCUT2D eigenvalue weighted by Gasteiger charge is 2.09. The standard InChI is InChI=1S/C20H26N2O/c1-4-18-12-8-9-16(2)20(18)21-19(23)13-14-22(3)15-17-10-6-5-7-11-17/h5-12H,4,13-15H2,1-3H3,(H,21,23). The van der Waals surface area contributed by atoms with Crippen molar-refractivity contribution in [2.45, 2.75) is 33.2 Å². The van der Waals surface area contributed by atoms with Crippen molar-refractivity contribution in [1.29, 1.82) is 0 Å². The lowest BCUT2D eigenvalue weighted by atomic mass is 10.1. The first-order valence-corrected chi connectivity index (χ1v) is 8.21. The Morgan fingerprint density at radius 1 is 1.09 bits per heavy atom. The Balaban J connectivity index is 1.86. The molecule has 0 aliphatic heterocycles. The van der Waals surface area contributed by atoms with E-state index in [0.717, 1.165) is 30.8 Å². The van der Waals surface area contributed by atoms with Gasteiger partial charge in [0.2, 0.25) is 5.91 Å². The number of rotatable bonds is 7. The fraction of sp³-hybridized carbons (Fsp3) is 0.350. The highest BCUT2D eigenvalue weighted by molar-refractivity contribution is 5.92. The molecule has 3 heteroatoms. The van der Waals surface area contributed by atoms with Crippen molar-refractivity contribution < 1.29 is 4.79 Å². The molecule has 2 rings (SSSR count). The third-order valence-corrected chi connectivity index (χ3v) is 4.02. The van der Waals surface area contributed by atoms with Crippen LogP contribution in [0.5, 0.6) is 0 Å². The molecule has 1 N–H and O–H groups in total. The summed E-state index contributed by atoms with van der Waals surface area (Å²) in [6.07, 6.45) is 1.42. The minimum absolute atomic E-state index is 0.0777. The maximum atomic E-state index is 12.3. The number of carbonyl (C=O) groups is 1. The van der Waals surface area contributed by atoms with Crippen LogP contribution in [-0.4, -0.2) is 24.4 Å². The average molecular weight is 310 g/mol. The summed E-state index contributed by atoms with van der Waals surface area (Å²) in [6, 6.07) is 16.5. The van der Waals surface area contributed by atoms with Crippen molar-refractivity contribution in [3.63, 3.8) is 0 Å². The van der Waals surface area contributed by atoms with Gasteiger partial charge in [0.05, 0.1) is 0 Å². The van der Waals surface area contributed by atoms with Crippen molar-refractivity contribution in [1.82, 2.24) is 4.90 Å². The van der Waals surface area contributed by atoms with Crippen molar-refractivity contribution >= 4 is 11.6 Å². The van der Waals surface area contributed by atoms with E-state index in [4.69, 9.17) is 0 Å². The molecule has 1 amide bonds. The van der Waals surface area contributed by atoms with Gasteiger partial charge < -0.3 is 10.2 Å². The molecule has 0 heterocycles. The van der Waals surface area contributed by atoms with Crippen LogP contribution >= 0.6 is 0 Å². The molecule has 0 spiro atoms. The molecule has 2 aromatic carbocycles. The number of para-hydroxylation sites is 1. The molecule has 0 atom stereocenters. The van der Waals surface area contributed by atoms with Crippen LogP contribution in [0.2, 0.25) is 0 Å². The van der Waals surface area contributed by atoms with Gasteiger partial charge >= 0.3 is 0 Å². The van der Waals surface area contributed by atoms with Crippen LogP contribution in [0.1, 0.15) is 30.0 Å². The number of aryl methyl sites for hydroxylation is 2. The SMILES string of the molecule is CCc1cccc(C)c1NC(=O)CCN(C)Cc1ccccc1. The topological polar surface area (TPSA) is 32.3 Å². The summed E-state index contributed by atoms with van der Waals surface area (Å²) in [5.74, 6) is 0.0777. The van der Waals surface area contributed by atoms with E-state index in [0.29, 0.717) is 6.42 Å². The lowest BCUT2D eigenvalue weighted by Crippen LogP contribution is -2.24. The second-order valence-corrected chi connectivity index (χ2v) is 5.98. The van der Waals surface area contributed by atoms with E-state index in [2.05, 4.69) is 35.3 Å². The Bertz CT molecular complexity index is 637. The molecule has 0 aliphatic rings. The molecule has 0 saturated carbocycles. The Morgan fingerprint density at radius 2 is 1.83 bits per heavy atom. The first-order valence-electron chi connectivity index (χ1n) is 8.21. The molecule has 0 unspecified atom stereocenters. The molecule has 0 radical (unpaired) electrons. The number of hydrogen-bond donors (Lipinski definition) is 1. The second kappa shape index (κ2) is 8.49. The number of hydrogen-bond acceptors (Lipinski definition) is 2. The molecule has 0 aromatic heterocycles. The third kappa shape index (κ3) is 5.22. The fourth-order valence-corrected chi connectivity index (χ4v) is 2.67. The van der Waals surface area contributed by atoms with Gasteiger partial charge in [-0.2, -0.15) is 0 Å². The van der Waals surface area contributed by atoms with E-state index in [-0.39, 0.29) is 5.91 Å². The van der Waals surface area contributed by atoms with Gasteiger partial charge in [0.1, 0.15) is 0 Å². The van der Waals surface area contributed by atoms with Crippen molar-refractivity contribution in [2.75, 3.05) is 18.9 Å². The van der Waals surface area contributed by atoms with E-state index >= 15 is 0 Å². The number of amides is 1. The molecule has 23 heavy (non-hydrogen) atoms. The molecule has 0 saturated heterocycles. The van der Waals surface area contributed by atoms with Gasteiger partial charge in [0, 0.05) is 25.2 Å². The van der Waals surface area contributed by atoms with Crippen LogP contribution in [0, 0.1) is 6.92 Å². The highest BCUT2D eigenvalue weighted by atomic mass is 16.1. The first-order chi connectivity index (χ1) is 11.1. The Morgan fingerprint density at radius 3 is 2.52 bits per heavy atom. The molecule has 0 fully saturated rings. The number of benzene rings is 2. The summed E-state index contributed by atoms with van der Waals surface area (Å²) in [7, 11) is 2.05. The minimum Gasteiger partial charge on any atom is -0.326 e. The number of nitrogens with zero attached hydrogens (tertiary/aromatic N) is 1. The van der Waals surface area contributed by atoms with E-state index in [1.54, 1.807) is 0 Å². The zero-order valence-electron chi connectivity index (χ0n) is 14.3. The van der Waals surface area contributed by atoms with Gasteiger partial charge in [-0.1, -0.05) is 55.5 Å². The molecular weight excluding hydrogens is 284 g/mol. The average Bonchev–Trinajstić information content (AvgIpc) is 2.56. The monoisotopic (exact) mass is 310 g/mol. The van der Waals surface area contributed by atoms with Crippen LogP contribution in [0.15, 0.2) is 48.5 Å². The van der Waals surface area contributed by atoms with Crippen LogP contribution in [0.25, 0.3) is 0 Å². The fourth-order valence-electron chi connectivity index (χ4n) is 2.67. The van der Waals surface area contributed by atoms with Gasteiger partial charge in [-0.25, -0.2) is 0 Å². The molecule has 0 bridgehead atoms. The molecule has 122 valence electrons. The van der Waals surface area contributed by atoms with E-state index in [1.165, 1.54) is 11.1 Å². The van der Waals surface area contributed by atoms with Gasteiger partial charge in [0.25, 0.3) is 0 Å². The van der Waals surface area contributed by atoms with E-state index < -0.39 is 0 Å². The lowest BCUT2D eigenvalue weighted by Gasteiger charge is -2.17. The smallest absolute Gasteiger partial charge is 0.225 e. The summed E-state index contributed by atoms with van der Waals surface area (Å²) in [4.78, 5) is 14.4. The molecule has 2 aromatic rings. The second-order valence-electron chi connectivity index (χ2n) is 5.98. The van der Waals surface area contributed by atoms with Crippen LogP contribution < -0.4 is 5.32 Å². The van der Waals surface area contributed by atoms with E-state index in [9.17, 15) is 4.79 Å². The van der Waals surface area contributed by atoms with Crippen molar-refractivity contribution in [3.8, 4) is 0 Å². The predicted octanol–water partition coefficient (Wildman–Crippen LogP) is 4.02. The van der Waals surface area contributed by atoms with Gasteiger partial charge in [-0.3, -0.25) is 4.79 Å². The Labute approximate surface area is 139 Å². The number of carbonyl (C=O) groups excluding carboxylic acids is 1. The summed E-state index contributed by atoms with van der Waals surface area (Å²) >= 11 is 0. The van der Waals surface area contributed by atoms with Crippen molar-refractivity contribution in [3.05, 3.63) is 65.2 Å². The first kappa shape index (κ1) is 17.2. The Hall–Kier alpha value is -2.13. The third-order valence-electron chi connectivity index (χ3n) is 4.02. The van der Waals surface area contributed by atoms with Crippen LogP contribution in [0.3, 0.4) is 0 Å². The lowest BCUT2D eigenvalue weighted by molar-refractivity contribution is -0.116. The largest absolute Gasteiger partial charge is 0.326 e. The van der Waals surface area contributed by atoms with Crippen LogP contribution in [-0.2, 0) is 17.8 Å².